The second-order valence-corrected chi connectivity index (χ2v) is 8.93. The van der Waals surface area contributed by atoms with Gasteiger partial charge in [0.15, 0.2) is 0 Å². The maximum absolute atomic E-state index is 11.6. The summed E-state index contributed by atoms with van der Waals surface area (Å²) < 4.78 is 47.3. The zero-order valence-electron chi connectivity index (χ0n) is 10.6. The molecule has 2 N–H and O–H groups in total. The first-order valence-electron chi connectivity index (χ1n) is 5.24. The molecule has 0 fully saturated rings. The number of aliphatic carboxylic acids is 1. The van der Waals surface area contributed by atoms with Gasteiger partial charge < -0.3 is 5.11 Å². The van der Waals surface area contributed by atoms with Crippen LogP contribution in [0.4, 0.5) is 0 Å². The molecule has 18 heavy (non-hydrogen) atoms. The summed E-state index contributed by atoms with van der Waals surface area (Å²) in [5.41, 5.74) is -0.922. The Kier molecular flexibility index (Phi) is 5.76. The number of hydrogen-bond acceptors (Lipinski definition) is 5. The Labute approximate surface area is 108 Å². The van der Waals surface area contributed by atoms with E-state index < -0.39 is 42.9 Å². The third-order valence-corrected chi connectivity index (χ3v) is 4.93. The minimum absolute atomic E-state index is 0.125. The number of hydrogen-bond donors (Lipinski definition) is 2. The predicted octanol–water partition coefficient (Wildman–Crippen LogP) is -0.406. The molecule has 0 aliphatic carbocycles. The van der Waals surface area contributed by atoms with E-state index in [1.54, 1.807) is 13.8 Å². The first kappa shape index (κ1) is 17.3. The predicted molar refractivity (Wildman–Crippen MR) is 67.6 cm³/mol. The second-order valence-electron chi connectivity index (χ2n) is 4.83. The van der Waals surface area contributed by atoms with Crippen molar-refractivity contribution in [2.45, 2.75) is 32.2 Å². The molecule has 9 heteroatoms. The van der Waals surface area contributed by atoms with Crippen LogP contribution in [0, 0.1) is 0 Å². The van der Waals surface area contributed by atoms with Crippen LogP contribution in [0.5, 0.6) is 0 Å². The van der Waals surface area contributed by atoms with Gasteiger partial charge >= 0.3 is 5.97 Å². The molecule has 0 bridgehead atoms. The van der Waals surface area contributed by atoms with Gasteiger partial charge in [0.05, 0.1) is 11.5 Å². The minimum atomic E-state index is -3.74. The molecule has 0 heterocycles. The quantitative estimate of drug-likeness (QED) is 0.629. The fraction of sp³-hybridized carbons (Fsp3) is 0.889. The standard InChI is InChI=1S/C9H19NO6S2/c1-9(2,5-4-8(11)12)10-18(15,16)7-6-17(3,13)14/h10H,4-7H2,1-3H3,(H,11,12). The van der Waals surface area contributed by atoms with Crippen LogP contribution in [0.25, 0.3) is 0 Å². The molecule has 0 saturated carbocycles. The van der Waals surface area contributed by atoms with Gasteiger partial charge in [-0.1, -0.05) is 0 Å². The number of rotatable bonds is 8. The summed E-state index contributed by atoms with van der Waals surface area (Å²) in [6, 6.07) is 0. The van der Waals surface area contributed by atoms with Gasteiger partial charge in [-0.15, -0.1) is 0 Å². The van der Waals surface area contributed by atoms with E-state index in [2.05, 4.69) is 4.72 Å². The van der Waals surface area contributed by atoms with Crippen LogP contribution in [0.2, 0.25) is 0 Å². The summed E-state index contributed by atoms with van der Waals surface area (Å²) in [6.07, 6.45) is 0.917. The second kappa shape index (κ2) is 5.98. The highest BCUT2D eigenvalue weighted by atomic mass is 32.2. The van der Waals surface area contributed by atoms with Crippen molar-refractivity contribution in [3.05, 3.63) is 0 Å². The van der Waals surface area contributed by atoms with Crippen LogP contribution in [0.1, 0.15) is 26.7 Å². The molecule has 0 aromatic heterocycles. The Morgan fingerprint density at radius 3 is 2.06 bits per heavy atom. The molecular formula is C9H19NO6S2. The number of carboxylic acids is 1. The van der Waals surface area contributed by atoms with E-state index in [0.29, 0.717) is 0 Å². The van der Waals surface area contributed by atoms with E-state index in [0.717, 1.165) is 6.26 Å². The average molecular weight is 301 g/mol. The smallest absolute Gasteiger partial charge is 0.303 e. The van der Waals surface area contributed by atoms with Crippen LogP contribution < -0.4 is 4.72 Å². The molecule has 0 amide bonds. The minimum Gasteiger partial charge on any atom is -0.481 e. The Bertz CT molecular complexity index is 491. The summed E-state index contributed by atoms with van der Waals surface area (Å²) in [6.45, 7) is 3.10. The first-order valence-corrected chi connectivity index (χ1v) is 8.95. The van der Waals surface area contributed by atoms with Crippen molar-refractivity contribution in [1.29, 1.82) is 0 Å². The summed E-state index contributed by atoms with van der Waals surface area (Å²) in [4.78, 5) is 10.4. The molecular weight excluding hydrogens is 282 g/mol. The topological polar surface area (TPSA) is 118 Å². The van der Waals surface area contributed by atoms with Crippen LogP contribution >= 0.6 is 0 Å². The van der Waals surface area contributed by atoms with Gasteiger partial charge in [-0.25, -0.2) is 21.6 Å². The van der Waals surface area contributed by atoms with Crippen molar-refractivity contribution in [2.24, 2.45) is 0 Å². The van der Waals surface area contributed by atoms with E-state index in [-0.39, 0.29) is 12.8 Å². The molecule has 0 aliphatic rings. The summed E-state index contributed by atoms with van der Waals surface area (Å²) >= 11 is 0. The monoisotopic (exact) mass is 301 g/mol. The van der Waals surface area contributed by atoms with Crippen molar-refractivity contribution in [3.63, 3.8) is 0 Å². The fourth-order valence-electron chi connectivity index (χ4n) is 1.20. The summed E-state index contributed by atoms with van der Waals surface area (Å²) in [5, 5.41) is 8.53. The Hall–Kier alpha value is -0.670. The Morgan fingerprint density at radius 1 is 1.17 bits per heavy atom. The molecule has 0 aliphatic heterocycles. The molecule has 108 valence electrons. The van der Waals surface area contributed by atoms with Gasteiger partial charge in [-0.2, -0.15) is 0 Å². The van der Waals surface area contributed by atoms with Crippen molar-refractivity contribution < 1.29 is 26.7 Å². The van der Waals surface area contributed by atoms with Crippen molar-refractivity contribution in [1.82, 2.24) is 4.72 Å². The zero-order chi connectivity index (χ0) is 14.6. The molecule has 0 unspecified atom stereocenters. The van der Waals surface area contributed by atoms with Crippen molar-refractivity contribution >= 4 is 25.8 Å². The van der Waals surface area contributed by atoms with Crippen LogP contribution in [-0.4, -0.2) is 51.2 Å². The zero-order valence-corrected chi connectivity index (χ0v) is 12.3. The van der Waals surface area contributed by atoms with Gasteiger partial charge in [-0.3, -0.25) is 4.79 Å². The molecule has 0 spiro atoms. The molecule has 0 aromatic carbocycles. The average Bonchev–Trinajstić information content (AvgIpc) is 2.09. The lowest BCUT2D eigenvalue weighted by Gasteiger charge is -2.25. The lowest BCUT2D eigenvalue weighted by atomic mass is 10.0. The number of carboxylic acid groups (broad SMARTS) is 1. The lowest BCUT2D eigenvalue weighted by molar-refractivity contribution is -0.137. The number of sulfonamides is 1. The van der Waals surface area contributed by atoms with Crippen LogP contribution in [0.3, 0.4) is 0 Å². The highest BCUT2D eigenvalue weighted by molar-refractivity contribution is 7.93. The van der Waals surface area contributed by atoms with E-state index in [4.69, 9.17) is 5.11 Å². The molecule has 0 radical (unpaired) electrons. The molecule has 0 saturated heterocycles. The normalized spacial score (nSPS) is 13.5. The molecule has 0 atom stereocenters. The van der Waals surface area contributed by atoms with Gasteiger partial charge in [0, 0.05) is 18.2 Å². The molecule has 0 rings (SSSR count). The largest absolute Gasteiger partial charge is 0.481 e. The number of carbonyl (C=O) groups is 1. The van der Waals surface area contributed by atoms with E-state index in [9.17, 15) is 21.6 Å². The maximum atomic E-state index is 11.6. The van der Waals surface area contributed by atoms with E-state index >= 15 is 0 Å². The molecule has 0 aromatic rings. The first-order chi connectivity index (χ1) is 7.83. The van der Waals surface area contributed by atoms with Crippen molar-refractivity contribution in [2.75, 3.05) is 17.8 Å². The Balaban J connectivity index is 4.52. The van der Waals surface area contributed by atoms with E-state index in [1.165, 1.54) is 0 Å². The Morgan fingerprint density at radius 2 is 1.67 bits per heavy atom. The SMILES string of the molecule is CC(C)(CCC(=O)O)NS(=O)(=O)CCS(C)(=O)=O. The highest BCUT2D eigenvalue weighted by Gasteiger charge is 2.26. The summed E-state index contributed by atoms with van der Waals surface area (Å²) in [7, 11) is -7.09. The van der Waals surface area contributed by atoms with Gasteiger partial charge in [0.25, 0.3) is 0 Å². The number of sulfone groups is 1. The third-order valence-electron chi connectivity index (χ3n) is 2.12. The van der Waals surface area contributed by atoms with Gasteiger partial charge in [0.2, 0.25) is 10.0 Å². The lowest BCUT2D eigenvalue weighted by Crippen LogP contribution is -2.45. The van der Waals surface area contributed by atoms with Gasteiger partial charge in [0.1, 0.15) is 9.84 Å². The highest BCUT2D eigenvalue weighted by Crippen LogP contribution is 2.13. The van der Waals surface area contributed by atoms with Crippen LogP contribution in [0.15, 0.2) is 0 Å². The van der Waals surface area contributed by atoms with E-state index in [1.807, 2.05) is 0 Å². The number of nitrogens with one attached hydrogen (secondary N) is 1. The maximum Gasteiger partial charge on any atom is 0.303 e. The van der Waals surface area contributed by atoms with Crippen LogP contribution in [-0.2, 0) is 24.7 Å². The fourth-order valence-corrected chi connectivity index (χ4v) is 4.34. The third kappa shape index (κ3) is 9.37. The molecule has 7 nitrogen and oxygen atoms in total. The summed E-state index contributed by atoms with van der Waals surface area (Å²) in [5.74, 6) is -2.00. The van der Waals surface area contributed by atoms with Gasteiger partial charge in [-0.05, 0) is 20.3 Å². The van der Waals surface area contributed by atoms with Crippen molar-refractivity contribution in [3.8, 4) is 0 Å².